The second-order valence-electron chi connectivity index (χ2n) is 7.91. The van der Waals surface area contributed by atoms with E-state index >= 15 is 0 Å². The number of likely N-dealkylation sites (tertiary alicyclic amines) is 1. The summed E-state index contributed by atoms with van der Waals surface area (Å²) in [5.74, 6) is 0.399. The van der Waals surface area contributed by atoms with Crippen molar-refractivity contribution < 1.29 is 22.7 Å². The third kappa shape index (κ3) is 4.21. The van der Waals surface area contributed by atoms with E-state index in [2.05, 4.69) is 4.90 Å². The van der Waals surface area contributed by atoms with Crippen LogP contribution in [0, 0.1) is 0 Å². The van der Waals surface area contributed by atoms with Crippen LogP contribution in [0.3, 0.4) is 0 Å². The molecule has 3 aliphatic rings. The minimum atomic E-state index is -4.35. The van der Waals surface area contributed by atoms with Gasteiger partial charge in [-0.05, 0) is 43.5 Å². The van der Waals surface area contributed by atoms with Crippen LogP contribution < -0.4 is 4.74 Å². The zero-order chi connectivity index (χ0) is 19.7. The van der Waals surface area contributed by atoms with Crippen LogP contribution in [-0.2, 0) is 6.18 Å². The Morgan fingerprint density at radius 2 is 1.64 bits per heavy atom. The van der Waals surface area contributed by atoms with Gasteiger partial charge in [0.2, 0.25) is 0 Å². The molecule has 0 unspecified atom stereocenters. The monoisotopic (exact) mass is 397 g/mol. The van der Waals surface area contributed by atoms with Crippen molar-refractivity contribution in [2.24, 2.45) is 0 Å². The molecule has 3 fully saturated rings. The predicted molar refractivity (Wildman–Crippen MR) is 98.2 cm³/mol. The van der Waals surface area contributed by atoms with Crippen LogP contribution in [0.1, 0.15) is 31.2 Å². The summed E-state index contributed by atoms with van der Waals surface area (Å²) in [5.41, 5.74) is -0.692. The van der Waals surface area contributed by atoms with E-state index in [0.717, 1.165) is 44.7 Å². The van der Waals surface area contributed by atoms with Crippen molar-refractivity contribution in [2.75, 3.05) is 39.3 Å². The van der Waals surface area contributed by atoms with Crippen LogP contribution in [0.15, 0.2) is 24.3 Å². The molecule has 2 amide bonds. The molecule has 1 aromatic rings. The first-order valence-electron chi connectivity index (χ1n) is 10.0. The molecule has 1 aromatic carbocycles. The molecule has 0 N–H and O–H groups in total. The Hall–Kier alpha value is -1.96. The van der Waals surface area contributed by atoms with Crippen molar-refractivity contribution in [1.82, 2.24) is 14.7 Å². The average Bonchev–Trinajstić information content (AvgIpc) is 2.81. The second kappa shape index (κ2) is 7.81. The van der Waals surface area contributed by atoms with Crippen LogP contribution >= 0.6 is 0 Å². The number of hydrogen-bond acceptors (Lipinski definition) is 3. The maximum Gasteiger partial charge on any atom is 0.416 e. The Balaban J connectivity index is 1.23. The number of benzene rings is 1. The van der Waals surface area contributed by atoms with E-state index in [9.17, 15) is 18.0 Å². The molecule has 0 radical (unpaired) electrons. The van der Waals surface area contributed by atoms with Crippen molar-refractivity contribution in [3.8, 4) is 5.75 Å². The first-order chi connectivity index (χ1) is 13.4. The van der Waals surface area contributed by atoms with Gasteiger partial charge in [0.1, 0.15) is 11.9 Å². The predicted octanol–water partition coefficient (Wildman–Crippen LogP) is 3.45. The highest BCUT2D eigenvalue weighted by Crippen LogP contribution is 2.31. The SMILES string of the molecule is O=C(N1CCCN(C2CCC2)CC1)N1CC(Oc2ccc(C(F)(F)F)cc2)C1. The molecule has 154 valence electrons. The molecule has 8 heteroatoms. The second-order valence-corrected chi connectivity index (χ2v) is 7.91. The molecule has 0 bridgehead atoms. The third-order valence-electron chi connectivity index (χ3n) is 6.00. The fourth-order valence-electron chi connectivity index (χ4n) is 4.03. The number of urea groups is 1. The number of carbonyl (C=O) groups is 1. The lowest BCUT2D eigenvalue weighted by atomic mass is 9.91. The van der Waals surface area contributed by atoms with E-state index in [1.165, 1.54) is 31.4 Å². The van der Waals surface area contributed by atoms with Gasteiger partial charge in [0.25, 0.3) is 0 Å². The standard InChI is InChI=1S/C20H26F3N3O2/c21-20(22,23)15-5-7-17(8-6-15)28-18-13-26(14-18)19(27)25-10-2-9-24(11-12-25)16-3-1-4-16/h5-8,16,18H,1-4,9-14H2. The molecule has 1 aliphatic carbocycles. The number of halogens is 3. The lowest BCUT2D eigenvalue weighted by Crippen LogP contribution is -2.60. The number of hydrogen-bond donors (Lipinski definition) is 0. The summed E-state index contributed by atoms with van der Waals surface area (Å²) in [4.78, 5) is 18.9. The maximum atomic E-state index is 12.7. The fourth-order valence-corrected chi connectivity index (χ4v) is 4.03. The Kier molecular flexibility index (Phi) is 5.40. The molecule has 5 nitrogen and oxygen atoms in total. The number of amides is 2. The van der Waals surface area contributed by atoms with E-state index in [-0.39, 0.29) is 12.1 Å². The van der Waals surface area contributed by atoms with Gasteiger partial charge in [-0.25, -0.2) is 4.79 Å². The Morgan fingerprint density at radius 1 is 0.929 bits per heavy atom. The number of carbonyl (C=O) groups excluding carboxylic acids is 1. The minimum absolute atomic E-state index is 0.0442. The van der Waals surface area contributed by atoms with E-state index < -0.39 is 11.7 Å². The summed E-state index contributed by atoms with van der Waals surface area (Å²) in [7, 11) is 0. The van der Waals surface area contributed by atoms with Gasteiger partial charge in [0.15, 0.2) is 0 Å². The Morgan fingerprint density at radius 3 is 2.25 bits per heavy atom. The summed E-state index contributed by atoms with van der Waals surface area (Å²) >= 11 is 0. The summed E-state index contributed by atoms with van der Waals surface area (Å²) < 4.78 is 43.5. The van der Waals surface area contributed by atoms with Crippen LogP contribution in [0.4, 0.5) is 18.0 Å². The zero-order valence-electron chi connectivity index (χ0n) is 15.8. The molecule has 0 aromatic heterocycles. The molecule has 4 rings (SSSR count). The third-order valence-corrected chi connectivity index (χ3v) is 6.00. The van der Waals surface area contributed by atoms with Crippen LogP contribution in [0.5, 0.6) is 5.75 Å². The summed E-state index contributed by atoms with van der Waals surface area (Å²) in [6.45, 7) is 4.49. The van der Waals surface area contributed by atoms with Gasteiger partial charge in [-0.2, -0.15) is 13.2 Å². The van der Waals surface area contributed by atoms with Crippen LogP contribution in [0.2, 0.25) is 0 Å². The lowest BCUT2D eigenvalue weighted by Gasteiger charge is -2.41. The first kappa shape index (κ1) is 19.4. The van der Waals surface area contributed by atoms with Crippen molar-refractivity contribution in [2.45, 2.75) is 44.0 Å². The zero-order valence-corrected chi connectivity index (χ0v) is 15.8. The molecule has 0 spiro atoms. The molecule has 2 heterocycles. The summed E-state index contributed by atoms with van der Waals surface area (Å²) in [5, 5.41) is 0. The van der Waals surface area contributed by atoms with Gasteiger partial charge in [0, 0.05) is 32.2 Å². The largest absolute Gasteiger partial charge is 0.487 e. The topological polar surface area (TPSA) is 36.0 Å². The van der Waals surface area contributed by atoms with Gasteiger partial charge < -0.3 is 14.5 Å². The highest BCUT2D eigenvalue weighted by molar-refractivity contribution is 5.75. The molecular formula is C20H26F3N3O2. The van der Waals surface area contributed by atoms with Gasteiger partial charge in [0.05, 0.1) is 18.7 Å². The lowest BCUT2D eigenvalue weighted by molar-refractivity contribution is -0.137. The number of rotatable bonds is 3. The van der Waals surface area contributed by atoms with E-state index in [1.54, 1.807) is 4.90 Å². The molecular weight excluding hydrogens is 371 g/mol. The quantitative estimate of drug-likeness (QED) is 0.784. The molecule has 2 aliphatic heterocycles. The fraction of sp³-hybridized carbons (Fsp3) is 0.650. The van der Waals surface area contributed by atoms with Crippen molar-refractivity contribution >= 4 is 6.03 Å². The van der Waals surface area contributed by atoms with Crippen molar-refractivity contribution in [3.63, 3.8) is 0 Å². The number of ether oxygens (including phenoxy) is 1. The molecule has 28 heavy (non-hydrogen) atoms. The smallest absolute Gasteiger partial charge is 0.416 e. The maximum absolute atomic E-state index is 12.7. The van der Waals surface area contributed by atoms with E-state index in [0.29, 0.717) is 24.9 Å². The average molecular weight is 397 g/mol. The number of alkyl halides is 3. The highest BCUT2D eigenvalue weighted by Gasteiger charge is 2.36. The van der Waals surface area contributed by atoms with Crippen molar-refractivity contribution in [3.05, 3.63) is 29.8 Å². The van der Waals surface area contributed by atoms with Gasteiger partial charge in [-0.3, -0.25) is 4.90 Å². The summed E-state index contributed by atoms with van der Waals surface area (Å²) in [6.07, 6.45) is 0.365. The molecule has 2 saturated heterocycles. The Bertz CT molecular complexity index is 685. The molecule has 1 saturated carbocycles. The first-order valence-corrected chi connectivity index (χ1v) is 10.0. The highest BCUT2D eigenvalue weighted by atomic mass is 19.4. The Labute approximate surface area is 163 Å². The van der Waals surface area contributed by atoms with Crippen molar-refractivity contribution in [1.29, 1.82) is 0 Å². The van der Waals surface area contributed by atoms with Gasteiger partial charge in [-0.15, -0.1) is 0 Å². The van der Waals surface area contributed by atoms with Gasteiger partial charge in [-0.1, -0.05) is 6.42 Å². The van der Waals surface area contributed by atoms with Crippen LogP contribution in [0.25, 0.3) is 0 Å². The van der Waals surface area contributed by atoms with Crippen LogP contribution in [-0.4, -0.2) is 72.1 Å². The van der Waals surface area contributed by atoms with E-state index in [4.69, 9.17) is 4.74 Å². The molecule has 0 atom stereocenters. The normalized spacial score (nSPS) is 22.4. The summed E-state index contributed by atoms with van der Waals surface area (Å²) in [6, 6.07) is 5.45. The number of nitrogens with zero attached hydrogens (tertiary/aromatic N) is 3. The minimum Gasteiger partial charge on any atom is -0.487 e. The van der Waals surface area contributed by atoms with E-state index in [1.807, 2.05) is 4.90 Å². The van der Waals surface area contributed by atoms with Gasteiger partial charge >= 0.3 is 12.2 Å².